The molecule has 0 heterocycles. The number of rotatable bonds is 5. The number of carboxylic acid groups (broad SMARTS) is 1. The Morgan fingerprint density at radius 3 is 3.00 bits per heavy atom. The van der Waals surface area contributed by atoms with E-state index < -0.39 is 5.97 Å². The van der Waals surface area contributed by atoms with Gasteiger partial charge in [-0.05, 0) is 55.5 Å². The molecule has 0 aromatic heterocycles. The number of hydrogen-bond donors (Lipinski definition) is 2. The van der Waals surface area contributed by atoms with Gasteiger partial charge in [-0.1, -0.05) is 12.5 Å². The van der Waals surface area contributed by atoms with Crippen molar-refractivity contribution in [3.05, 3.63) is 35.1 Å². The highest BCUT2D eigenvalue weighted by molar-refractivity contribution is 5.70. The van der Waals surface area contributed by atoms with Gasteiger partial charge in [-0.2, -0.15) is 0 Å². The Morgan fingerprint density at radius 1 is 1.47 bits per heavy atom. The number of aryl methyl sites for hydroxylation is 1. The van der Waals surface area contributed by atoms with E-state index in [1.54, 1.807) is 6.07 Å². The van der Waals surface area contributed by atoms with E-state index in [0.717, 1.165) is 30.4 Å². The number of carboxylic acids is 1. The Bertz CT molecular complexity index is 461. The lowest BCUT2D eigenvalue weighted by Gasteiger charge is -2.17. The molecular formula is C15H20FNO2. The predicted octanol–water partition coefficient (Wildman–Crippen LogP) is 2.72. The molecule has 2 N–H and O–H groups in total. The molecule has 1 aromatic rings. The van der Waals surface area contributed by atoms with Crippen molar-refractivity contribution < 1.29 is 14.3 Å². The summed E-state index contributed by atoms with van der Waals surface area (Å²) in [4.78, 5) is 11.1. The van der Waals surface area contributed by atoms with Crippen molar-refractivity contribution in [2.75, 3.05) is 6.54 Å². The van der Waals surface area contributed by atoms with Gasteiger partial charge in [0.25, 0.3) is 0 Å². The molecule has 4 heteroatoms. The summed E-state index contributed by atoms with van der Waals surface area (Å²) >= 11 is 0. The molecule has 0 radical (unpaired) electrons. The zero-order valence-electron chi connectivity index (χ0n) is 11.2. The third kappa shape index (κ3) is 3.53. The molecule has 19 heavy (non-hydrogen) atoms. The number of benzene rings is 1. The maximum Gasteiger partial charge on any atom is 0.306 e. The molecule has 0 aliphatic heterocycles. The number of nitrogens with one attached hydrogen (secondary N) is 1. The summed E-state index contributed by atoms with van der Waals surface area (Å²) in [6, 6.07) is 4.75. The second-order valence-corrected chi connectivity index (χ2v) is 5.34. The van der Waals surface area contributed by atoms with Crippen molar-refractivity contribution in [2.45, 2.75) is 32.7 Å². The summed E-state index contributed by atoms with van der Waals surface area (Å²) in [5.74, 6) is -0.939. The smallest absolute Gasteiger partial charge is 0.306 e. The van der Waals surface area contributed by atoms with E-state index in [-0.39, 0.29) is 17.7 Å². The van der Waals surface area contributed by atoms with Crippen LogP contribution in [0, 0.1) is 24.6 Å². The highest BCUT2D eigenvalue weighted by atomic mass is 19.1. The second kappa shape index (κ2) is 6.15. The van der Waals surface area contributed by atoms with Crippen LogP contribution in [0.4, 0.5) is 4.39 Å². The molecule has 1 fully saturated rings. The first-order chi connectivity index (χ1) is 9.08. The predicted molar refractivity (Wildman–Crippen MR) is 71.3 cm³/mol. The highest BCUT2D eigenvalue weighted by Gasteiger charge is 2.32. The van der Waals surface area contributed by atoms with Gasteiger partial charge in [-0.15, -0.1) is 0 Å². The van der Waals surface area contributed by atoms with Crippen LogP contribution in [0.15, 0.2) is 18.2 Å². The van der Waals surface area contributed by atoms with Gasteiger partial charge in [0.05, 0.1) is 5.92 Å². The van der Waals surface area contributed by atoms with Crippen molar-refractivity contribution in [2.24, 2.45) is 11.8 Å². The number of carbonyl (C=O) groups is 1. The summed E-state index contributed by atoms with van der Waals surface area (Å²) in [5.41, 5.74) is 1.99. The van der Waals surface area contributed by atoms with Crippen molar-refractivity contribution in [3.8, 4) is 0 Å². The molecule has 0 bridgehead atoms. The summed E-state index contributed by atoms with van der Waals surface area (Å²) in [6.45, 7) is 3.23. The lowest BCUT2D eigenvalue weighted by atomic mass is 9.96. The molecule has 104 valence electrons. The molecule has 0 amide bonds. The maximum atomic E-state index is 13.1. The second-order valence-electron chi connectivity index (χ2n) is 5.34. The lowest BCUT2D eigenvalue weighted by molar-refractivity contribution is -0.142. The van der Waals surface area contributed by atoms with Crippen LogP contribution in [0.1, 0.15) is 30.4 Å². The third-order valence-corrected chi connectivity index (χ3v) is 4.01. The monoisotopic (exact) mass is 265 g/mol. The minimum atomic E-state index is -0.689. The van der Waals surface area contributed by atoms with E-state index in [9.17, 15) is 9.18 Å². The zero-order valence-corrected chi connectivity index (χ0v) is 11.2. The molecule has 2 rings (SSSR count). The zero-order chi connectivity index (χ0) is 13.8. The SMILES string of the molecule is Cc1ccc(F)cc1CNCC1CCCC1C(=O)O. The van der Waals surface area contributed by atoms with Crippen molar-refractivity contribution in [3.63, 3.8) is 0 Å². The van der Waals surface area contributed by atoms with E-state index in [0.29, 0.717) is 13.1 Å². The Kier molecular flexibility index (Phi) is 4.53. The molecule has 1 saturated carbocycles. The van der Waals surface area contributed by atoms with Gasteiger partial charge in [-0.25, -0.2) is 4.39 Å². The Morgan fingerprint density at radius 2 is 2.26 bits per heavy atom. The van der Waals surface area contributed by atoms with Crippen LogP contribution >= 0.6 is 0 Å². The van der Waals surface area contributed by atoms with Crippen LogP contribution in [-0.2, 0) is 11.3 Å². The van der Waals surface area contributed by atoms with E-state index >= 15 is 0 Å². The summed E-state index contributed by atoms with van der Waals surface area (Å²) in [6.07, 6.45) is 2.73. The van der Waals surface area contributed by atoms with Gasteiger partial charge in [0, 0.05) is 6.54 Å². The maximum absolute atomic E-state index is 13.1. The van der Waals surface area contributed by atoms with Gasteiger partial charge < -0.3 is 10.4 Å². The summed E-state index contributed by atoms with van der Waals surface area (Å²) in [7, 11) is 0. The molecule has 3 nitrogen and oxygen atoms in total. The van der Waals surface area contributed by atoms with Gasteiger partial charge in [0.15, 0.2) is 0 Å². The van der Waals surface area contributed by atoms with Crippen molar-refractivity contribution in [1.29, 1.82) is 0 Å². The number of hydrogen-bond acceptors (Lipinski definition) is 2. The van der Waals surface area contributed by atoms with E-state index in [4.69, 9.17) is 5.11 Å². The fourth-order valence-corrected chi connectivity index (χ4v) is 2.83. The third-order valence-electron chi connectivity index (χ3n) is 4.01. The first kappa shape index (κ1) is 14.0. The van der Waals surface area contributed by atoms with Gasteiger partial charge >= 0.3 is 5.97 Å². The van der Waals surface area contributed by atoms with Crippen LogP contribution in [0.5, 0.6) is 0 Å². The molecule has 1 aromatic carbocycles. The molecule has 0 spiro atoms. The fraction of sp³-hybridized carbons (Fsp3) is 0.533. The van der Waals surface area contributed by atoms with Crippen molar-refractivity contribution in [1.82, 2.24) is 5.32 Å². The normalized spacial score (nSPS) is 22.6. The largest absolute Gasteiger partial charge is 0.481 e. The van der Waals surface area contributed by atoms with Crippen LogP contribution in [0.2, 0.25) is 0 Å². The Hall–Kier alpha value is -1.42. The minimum absolute atomic E-state index is 0.200. The average molecular weight is 265 g/mol. The van der Waals surface area contributed by atoms with Gasteiger partial charge in [-0.3, -0.25) is 4.79 Å². The van der Waals surface area contributed by atoms with E-state index in [1.807, 2.05) is 6.92 Å². The first-order valence-electron chi connectivity index (χ1n) is 6.76. The van der Waals surface area contributed by atoms with Crippen LogP contribution in [-0.4, -0.2) is 17.6 Å². The van der Waals surface area contributed by atoms with E-state index in [2.05, 4.69) is 5.32 Å². The number of aliphatic carboxylic acids is 1. The fourth-order valence-electron chi connectivity index (χ4n) is 2.83. The first-order valence-corrected chi connectivity index (χ1v) is 6.76. The topological polar surface area (TPSA) is 49.3 Å². The molecule has 2 atom stereocenters. The summed E-state index contributed by atoms with van der Waals surface area (Å²) in [5, 5.41) is 12.4. The minimum Gasteiger partial charge on any atom is -0.481 e. The van der Waals surface area contributed by atoms with Crippen LogP contribution in [0.3, 0.4) is 0 Å². The average Bonchev–Trinajstić information content (AvgIpc) is 2.82. The molecule has 1 aliphatic carbocycles. The highest BCUT2D eigenvalue weighted by Crippen LogP contribution is 2.31. The van der Waals surface area contributed by atoms with Crippen LogP contribution < -0.4 is 5.32 Å². The summed E-state index contributed by atoms with van der Waals surface area (Å²) < 4.78 is 13.1. The van der Waals surface area contributed by atoms with Gasteiger partial charge in [0.2, 0.25) is 0 Å². The van der Waals surface area contributed by atoms with Crippen LogP contribution in [0.25, 0.3) is 0 Å². The quantitative estimate of drug-likeness (QED) is 0.860. The lowest BCUT2D eigenvalue weighted by Crippen LogP contribution is -2.28. The molecule has 0 saturated heterocycles. The van der Waals surface area contributed by atoms with E-state index in [1.165, 1.54) is 12.1 Å². The Balaban J connectivity index is 1.86. The standard InChI is InChI=1S/C15H20FNO2/c1-10-5-6-13(16)7-12(10)9-17-8-11-3-2-4-14(11)15(18)19/h5-7,11,14,17H,2-4,8-9H2,1H3,(H,18,19). The number of halogens is 1. The van der Waals surface area contributed by atoms with Crippen molar-refractivity contribution >= 4 is 5.97 Å². The molecule has 2 unspecified atom stereocenters. The van der Waals surface area contributed by atoms with Gasteiger partial charge in [0.1, 0.15) is 5.82 Å². The molecule has 1 aliphatic rings. The Labute approximate surface area is 112 Å². The molecular weight excluding hydrogens is 245 g/mol.